The van der Waals surface area contributed by atoms with Crippen molar-refractivity contribution in [3.05, 3.63) is 29.0 Å². The highest BCUT2D eigenvalue weighted by atomic mass is 35.5. The van der Waals surface area contributed by atoms with Crippen LogP contribution in [0.3, 0.4) is 0 Å². The average Bonchev–Trinajstić information content (AvgIpc) is 2.20. The Kier molecular flexibility index (Phi) is 4.75. The lowest BCUT2D eigenvalue weighted by atomic mass is 9.88. The number of aromatic nitrogens is 1. The molecule has 0 saturated heterocycles. The molecule has 1 N–H and O–H groups in total. The van der Waals surface area contributed by atoms with Gasteiger partial charge < -0.3 is 5.32 Å². The van der Waals surface area contributed by atoms with Gasteiger partial charge in [0.1, 0.15) is 0 Å². The summed E-state index contributed by atoms with van der Waals surface area (Å²) in [5.41, 5.74) is 1.43. The van der Waals surface area contributed by atoms with Crippen LogP contribution in [0.4, 0.5) is 0 Å². The summed E-state index contributed by atoms with van der Waals surface area (Å²) in [4.78, 5) is 4.36. The zero-order valence-electron chi connectivity index (χ0n) is 10.5. The first-order valence-electron chi connectivity index (χ1n) is 5.71. The predicted octanol–water partition coefficient (Wildman–Crippen LogP) is 3.82. The molecule has 3 heteroatoms. The maximum absolute atomic E-state index is 5.83. The van der Waals surface area contributed by atoms with Crippen LogP contribution in [0.25, 0.3) is 0 Å². The Labute approximate surface area is 103 Å². The van der Waals surface area contributed by atoms with Crippen molar-refractivity contribution in [2.45, 2.75) is 39.7 Å². The van der Waals surface area contributed by atoms with E-state index in [0.29, 0.717) is 16.5 Å². The second-order valence-corrected chi connectivity index (χ2v) is 5.78. The van der Waals surface area contributed by atoms with Crippen LogP contribution in [-0.2, 0) is 0 Å². The molecule has 1 rings (SSSR count). The van der Waals surface area contributed by atoms with Gasteiger partial charge in [-0.15, -0.1) is 0 Å². The maximum atomic E-state index is 5.83. The fraction of sp³-hybridized carbons (Fsp3) is 0.615. The van der Waals surface area contributed by atoms with E-state index in [4.69, 9.17) is 11.6 Å². The molecule has 0 amide bonds. The fourth-order valence-electron chi connectivity index (χ4n) is 1.61. The molecule has 0 aliphatic rings. The van der Waals surface area contributed by atoms with Crippen LogP contribution in [0, 0.1) is 5.41 Å². The molecule has 1 unspecified atom stereocenters. The van der Waals surface area contributed by atoms with Crippen LogP contribution < -0.4 is 5.32 Å². The van der Waals surface area contributed by atoms with Gasteiger partial charge in [0.05, 0.1) is 10.7 Å². The lowest BCUT2D eigenvalue weighted by Gasteiger charge is -2.22. The summed E-state index contributed by atoms with van der Waals surface area (Å²) >= 11 is 5.83. The van der Waals surface area contributed by atoms with Gasteiger partial charge in [-0.1, -0.05) is 32.4 Å². The summed E-state index contributed by atoms with van der Waals surface area (Å²) in [5, 5.41) is 3.99. The van der Waals surface area contributed by atoms with E-state index in [1.165, 1.54) is 6.42 Å². The molecule has 16 heavy (non-hydrogen) atoms. The second-order valence-electron chi connectivity index (χ2n) is 5.34. The van der Waals surface area contributed by atoms with Crippen molar-refractivity contribution in [3.8, 4) is 0 Å². The molecule has 2 nitrogen and oxygen atoms in total. The topological polar surface area (TPSA) is 24.9 Å². The minimum Gasteiger partial charge on any atom is -0.312 e. The maximum Gasteiger partial charge on any atom is 0.0589 e. The first-order chi connectivity index (χ1) is 7.42. The van der Waals surface area contributed by atoms with Crippen molar-refractivity contribution in [1.29, 1.82) is 0 Å². The van der Waals surface area contributed by atoms with Gasteiger partial charge in [0.15, 0.2) is 0 Å². The summed E-state index contributed by atoms with van der Waals surface area (Å²) in [6, 6.07) is 4.20. The minimum atomic E-state index is 0.316. The highest BCUT2D eigenvalue weighted by Gasteiger charge is 2.16. The highest BCUT2D eigenvalue weighted by Crippen LogP contribution is 2.26. The Morgan fingerprint density at radius 1 is 1.38 bits per heavy atom. The number of rotatable bonds is 4. The summed E-state index contributed by atoms with van der Waals surface area (Å²) in [6.45, 7) is 6.78. The molecule has 0 bridgehead atoms. The van der Waals surface area contributed by atoms with E-state index in [-0.39, 0.29) is 0 Å². The largest absolute Gasteiger partial charge is 0.312 e. The molecule has 1 heterocycles. The molecule has 0 fully saturated rings. The first kappa shape index (κ1) is 13.5. The van der Waals surface area contributed by atoms with Crippen molar-refractivity contribution in [3.63, 3.8) is 0 Å². The fourth-order valence-corrected chi connectivity index (χ4v) is 1.72. The summed E-state index contributed by atoms with van der Waals surface area (Å²) < 4.78 is 0. The van der Waals surface area contributed by atoms with E-state index >= 15 is 0 Å². The van der Waals surface area contributed by atoms with Gasteiger partial charge >= 0.3 is 0 Å². The summed E-state index contributed by atoms with van der Waals surface area (Å²) in [6.07, 6.45) is 3.97. The van der Waals surface area contributed by atoms with Crippen LogP contribution >= 0.6 is 11.6 Å². The third kappa shape index (κ3) is 4.50. The van der Waals surface area contributed by atoms with Crippen LogP contribution in [0.2, 0.25) is 5.02 Å². The van der Waals surface area contributed by atoms with Crippen LogP contribution in [0.5, 0.6) is 0 Å². The van der Waals surface area contributed by atoms with Crippen molar-refractivity contribution in [2.75, 3.05) is 7.05 Å². The third-order valence-electron chi connectivity index (χ3n) is 2.64. The summed E-state index contributed by atoms with van der Waals surface area (Å²) in [5.74, 6) is 0. The van der Waals surface area contributed by atoms with Crippen molar-refractivity contribution < 1.29 is 0 Å². The lowest BCUT2D eigenvalue weighted by molar-refractivity contribution is 0.336. The Balaban J connectivity index is 2.64. The number of hydrogen-bond donors (Lipinski definition) is 1. The quantitative estimate of drug-likeness (QED) is 0.866. The van der Waals surface area contributed by atoms with Crippen molar-refractivity contribution in [1.82, 2.24) is 10.3 Å². The molecule has 0 aliphatic heterocycles. The number of hydrogen-bond acceptors (Lipinski definition) is 2. The summed E-state index contributed by atoms with van der Waals surface area (Å²) in [7, 11) is 1.98. The third-order valence-corrected chi connectivity index (χ3v) is 2.86. The monoisotopic (exact) mass is 240 g/mol. The van der Waals surface area contributed by atoms with E-state index in [1.807, 2.05) is 19.2 Å². The van der Waals surface area contributed by atoms with E-state index < -0.39 is 0 Å². The molecule has 0 saturated carbocycles. The molecule has 0 spiro atoms. The zero-order chi connectivity index (χ0) is 12.2. The van der Waals surface area contributed by atoms with E-state index in [1.54, 1.807) is 6.20 Å². The van der Waals surface area contributed by atoms with Gasteiger partial charge in [-0.25, -0.2) is 0 Å². The molecule has 0 aromatic carbocycles. The zero-order valence-corrected chi connectivity index (χ0v) is 11.3. The van der Waals surface area contributed by atoms with E-state index in [0.717, 1.165) is 12.1 Å². The SMILES string of the molecule is CNC(CCC(C)(C)C)c1ccc(Cl)cn1. The van der Waals surface area contributed by atoms with Crippen molar-refractivity contribution >= 4 is 11.6 Å². The molecular formula is C13H21ClN2. The van der Waals surface area contributed by atoms with Gasteiger partial charge in [0.2, 0.25) is 0 Å². The van der Waals surface area contributed by atoms with Gasteiger partial charge in [0.25, 0.3) is 0 Å². The number of nitrogens with one attached hydrogen (secondary N) is 1. The Morgan fingerprint density at radius 3 is 2.50 bits per heavy atom. The standard InChI is InChI=1S/C13H21ClN2/c1-13(2,3)8-7-11(15-4)12-6-5-10(14)9-16-12/h5-6,9,11,15H,7-8H2,1-4H3. The number of nitrogens with zero attached hydrogens (tertiary/aromatic N) is 1. The van der Waals surface area contributed by atoms with E-state index in [9.17, 15) is 0 Å². The Bertz CT molecular complexity index is 314. The van der Waals surface area contributed by atoms with Crippen LogP contribution in [0.15, 0.2) is 18.3 Å². The highest BCUT2D eigenvalue weighted by molar-refractivity contribution is 6.30. The number of halogens is 1. The smallest absolute Gasteiger partial charge is 0.0589 e. The van der Waals surface area contributed by atoms with Crippen LogP contribution in [0.1, 0.15) is 45.3 Å². The first-order valence-corrected chi connectivity index (χ1v) is 6.09. The van der Waals surface area contributed by atoms with Gasteiger partial charge in [-0.3, -0.25) is 4.98 Å². The average molecular weight is 241 g/mol. The van der Waals surface area contributed by atoms with Gasteiger partial charge in [0, 0.05) is 12.2 Å². The van der Waals surface area contributed by atoms with E-state index in [2.05, 4.69) is 31.1 Å². The molecule has 0 aliphatic carbocycles. The predicted molar refractivity (Wildman–Crippen MR) is 69.7 cm³/mol. The normalized spacial score (nSPS) is 13.8. The molecular weight excluding hydrogens is 220 g/mol. The van der Waals surface area contributed by atoms with Gasteiger partial charge in [-0.2, -0.15) is 0 Å². The molecule has 0 radical (unpaired) electrons. The minimum absolute atomic E-state index is 0.316. The van der Waals surface area contributed by atoms with Crippen LogP contribution in [-0.4, -0.2) is 12.0 Å². The van der Waals surface area contributed by atoms with Crippen molar-refractivity contribution in [2.24, 2.45) is 5.41 Å². The Morgan fingerprint density at radius 2 is 2.06 bits per heavy atom. The molecule has 1 atom stereocenters. The van der Waals surface area contributed by atoms with Gasteiger partial charge in [-0.05, 0) is 37.4 Å². The lowest BCUT2D eigenvalue weighted by Crippen LogP contribution is -2.19. The molecule has 1 aromatic rings. The Hall–Kier alpha value is -0.600. The molecule has 1 aromatic heterocycles. The molecule has 90 valence electrons. The second kappa shape index (κ2) is 5.65. The number of pyridine rings is 1.